The fraction of sp³-hybridized carbons (Fsp3) is 0.231. The lowest BCUT2D eigenvalue weighted by Gasteiger charge is -2.11. The first-order valence-corrected chi connectivity index (χ1v) is 8.86. The maximum absolute atomic E-state index is 5.50. The van der Waals surface area contributed by atoms with Crippen LogP contribution in [0.15, 0.2) is 39.6 Å². The Hall–Kier alpha value is -1.48. The Labute approximate surface area is 96.6 Å². The van der Waals surface area contributed by atoms with Gasteiger partial charge in [0.05, 0.1) is 20.6 Å². The van der Waals surface area contributed by atoms with Crippen molar-refractivity contribution in [2.45, 2.75) is 19.6 Å². The first-order chi connectivity index (χ1) is 7.55. The molecular weight excluding hydrogens is 216 g/mol. The molecule has 0 spiro atoms. The van der Waals surface area contributed by atoms with E-state index in [0.717, 1.165) is 11.5 Å². The van der Waals surface area contributed by atoms with E-state index in [4.69, 9.17) is 8.83 Å². The fourth-order valence-corrected chi connectivity index (χ4v) is 2.37. The van der Waals surface area contributed by atoms with Gasteiger partial charge in [-0.3, -0.25) is 0 Å². The largest absolute Gasteiger partial charge is 0.465 e. The van der Waals surface area contributed by atoms with E-state index in [1.165, 1.54) is 5.19 Å². The Kier molecular flexibility index (Phi) is 2.88. The smallest absolute Gasteiger partial charge is 0.126 e. The van der Waals surface area contributed by atoms with Crippen LogP contribution in [0.25, 0.3) is 12.2 Å². The average Bonchev–Trinajstić information content (AvgIpc) is 2.85. The summed E-state index contributed by atoms with van der Waals surface area (Å²) in [6, 6.07) is 5.90. The van der Waals surface area contributed by atoms with Gasteiger partial charge in [-0.15, -0.1) is 0 Å². The minimum atomic E-state index is -1.26. The van der Waals surface area contributed by atoms with Crippen LogP contribution in [-0.2, 0) is 0 Å². The molecule has 0 unspecified atom stereocenters. The lowest BCUT2D eigenvalue weighted by atomic mass is 10.3. The number of furan rings is 2. The van der Waals surface area contributed by atoms with Gasteiger partial charge in [0.25, 0.3) is 0 Å². The molecule has 2 nitrogen and oxygen atoms in total. The summed E-state index contributed by atoms with van der Waals surface area (Å²) < 4.78 is 10.7. The van der Waals surface area contributed by atoms with Crippen LogP contribution in [0.1, 0.15) is 11.5 Å². The molecule has 0 fully saturated rings. The Balaban J connectivity index is 2.15. The summed E-state index contributed by atoms with van der Waals surface area (Å²) in [7, 11) is -1.26. The zero-order valence-electron chi connectivity index (χ0n) is 9.86. The van der Waals surface area contributed by atoms with Crippen molar-refractivity contribution in [3.63, 3.8) is 0 Å². The summed E-state index contributed by atoms with van der Waals surface area (Å²) in [5, 5.41) is 1.34. The summed E-state index contributed by atoms with van der Waals surface area (Å²) in [6.07, 6.45) is 7.37. The van der Waals surface area contributed by atoms with Crippen LogP contribution in [-0.4, -0.2) is 8.07 Å². The molecule has 0 N–H and O–H groups in total. The van der Waals surface area contributed by atoms with Crippen molar-refractivity contribution in [2.24, 2.45) is 0 Å². The van der Waals surface area contributed by atoms with E-state index in [1.807, 2.05) is 30.5 Å². The van der Waals surface area contributed by atoms with E-state index >= 15 is 0 Å². The van der Waals surface area contributed by atoms with Gasteiger partial charge in [0.15, 0.2) is 0 Å². The fourth-order valence-electron chi connectivity index (χ4n) is 1.38. The molecule has 0 aliphatic carbocycles. The third-order valence-corrected chi connectivity index (χ3v) is 4.44. The SMILES string of the molecule is C[Si](C)(C)c1coc(/C=C/c2ccco2)c1. The first-order valence-electron chi connectivity index (χ1n) is 5.36. The predicted molar refractivity (Wildman–Crippen MR) is 69.3 cm³/mol. The Morgan fingerprint density at radius 3 is 2.38 bits per heavy atom. The molecule has 0 bridgehead atoms. The van der Waals surface area contributed by atoms with E-state index in [-0.39, 0.29) is 0 Å². The Morgan fingerprint density at radius 2 is 1.81 bits per heavy atom. The van der Waals surface area contributed by atoms with Gasteiger partial charge in [0.1, 0.15) is 11.5 Å². The van der Waals surface area contributed by atoms with Gasteiger partial charge in [0, 0.05) is 0 Å². The Morgan fingerprint density at radius 1 is 1.06 bits per heavy atom. The number of hydrogen-bond donors (Lipinski definition) is 0. The van der Waals surface area contributed by atoms with E-state index in [1.54, 1.807) is 6.26 Å². The van der Waals surface area contributed by atoms with Crippen molar-refractivity contribution in [3.8, 4) is 0 Å². The molecule has 0 aliphatic heterocycles. The summed E-state index contributed by atoms with van der Waals surface area (Å²) in [6.45, 7) is 6.91. The van der Waals surface area contributed by atoms with E-state index in [0.29, 0.717) is 0 Å². The van der Waals surface area contributed by atoms with Crippen LogP contribution in [0.5, 0.6) is 0 Å². The molecule has 2 aromatic heterocycles. The summed E-state index contributed by atoms with van der Waals surface area (Å²) in [5.74, 6) is 1.72. The molecular formula is C13H16O2Si. The summed E-state index contributed by atoms with van der Waals surface area (Å²) >= 11 is 0. The quantitative estimate of drug-likeness (QED) is 0.756. The third-order valence-electron chi connectivity index (χ3n) is 2.44. The molecule has 2 rings (SSSR count). The minimum absolute atomic E-state index is 0.839. The van der Waals surface area contributed by atoms with Gasteiger partial charge in [-0.05, 0) is 35.5 Å². The van der Waals surface area contributed by atoms with Crippen LogP contribution < -0.4 is 5.19 Å². The average molecular weight is 232 g/mol. The number of rotatable bonds is 3. The van der Waals surface area contributed by atoms with Crippen LogP contribution in [0.3, 0.4) is 0 Å². The lowest BCUT2D eigenvalue weighted by molar-refractivity contribution is 0.553. The molecule has 0 amide bonds. The van der Waals surface area contributed by atoms with Crippen LogP contribution >= 0.6 is 0 Å². The monoisotopic (exact) mass is 232 g/mol. The molecule has 3 heteroatoms. The van der Waals surface area contributed by atoms with Crippen LogP contribution in [0, 0.1) is 0 Å². The molecule has 16 heavy (non-hydrogen) atoms. The van der Waals surface area contributed by atoms with Crippen molar-refractivity contribution < 1.29 is 8.83 Å². The molecule has 0 aliphatic rings. The molecule has 0 aromatic carbocycles. The summed E-state index contributed by atoms with van der Waals surface area (Å²) in [4.78, 5) is 0. The van der Waals surface area contributed by atoms with Crippen molar-refractivity contribution in [2.75, 3.05) is 0 Å². The zero-order valence-corrected chi connectivity index (χ0v) is 10.9. The second-order valence-corrected chi connectivity index (χ2v) is 9.91. The highest BCUT2D eigenvalue weighted by molar-refractivity contribution is 6.88. The summed E-state index contributed by atoms with van der Waals surface area (Å²) in [5.41, 5.74) is 0. The van der Waals surface area contributed by atoms with Crippen LogP contribution in [0.4, 0.5) is 0 Å². The molecule has 84 valence electrons. The highest BCUT2D eigenvalue weighted by atomic mass is 28.3. The highest BCUT2D eigenvalue weighted by Gasteiger charge is 2.18. The van der Waals surface area contributed by atoms with Gasteiger partial charge < -0.3 is 8.83 Å². The molecule has 0 saturated heterocycles. The zero-order chi connectivity index (χ0) is 11.6. The molecule has 2 aromatic rings. The highest BCUT2D eigenvalue weighted by Crippen LogP contribution is 2.11. The third kappa shape index (κ3) is 2.55. The number of hydrogen-bond acceptors (Lipinski definition) is 2. The second-order valence-electron chi connectivity index (χ2n) is 4.84. The lowest BCUT2D eigenvalue weighted by Crippen LogP contribution is -2.36. The maximum Gasteiger partial charge on any atom is 0.126 e. The standard InChI is InChI=1S/C13H16O2Si/c1-16(2,3)13-9-12(15-10-13)7-6-11-5-4-8-14-11/h4-10H,1-3H3/b7-6+. The van der Waals surface area contributed by atoms with Gasteiger partial charge in [-0.2, -0.15) is 0 Å². The van der Waals surface area contributed by atoms with Crippen molar-refractivity contribution >= 4 is 25.4 Å². The predicted octanol–water partition coefficient (Wildman–Crippen LogP) is 3.59. The van der Waals surface area contributed by atoms with E-state index in [9.17, 15) is 0 Å². The van der Waals surface area contributed by atoms with Crippen molar-refractivity contribution in [1.29, 1.82) is 0 Å². The molecule has 0 radical (unpaired) electrons. The van der Waals surface area contributed by atoms with Crippen molar-refractivity contribution in [3.05, 3.63) is 42.2 Å². The van der Waals surface area contributed by atoms with Crippen molar-refractivity contribution in [1.82, 2.24) is 0 Å². The first kappa shape index (κ1) is 11.0. The van der Waals surface area contributed by atoms with E-state index in [2.05, 4.69) is 25.7 Å². The minimum Gasteiger partial charge on any atom is -0.465 e. The molecule has 0 saturated carbocycles. The molecule has 2 heterocycles. The van der Waals surface area contributed by atoms with Gasteiger partial charge in [-0.1, -0.05) is 19.6 Å². The second kappa shape index (κ2) is 4.18. The Bertz CT molecular complexity index is 472. The maximum atomic E-state index is 5.50. The topological polar surface area (TPSA) is 26.3 Å². The van der Waals surface area contributed by atoms with Gasteiger partial charge in [0.2, 0.25) is 0 Å². The molecule has 0 atom stereocenters. The van der Waals surface area contributed by atoms with Gasteiger partial charge >= 0.3 is 0 Å². The van der Waals surface area contributed by atoms with Crippen LogP contribution in [0.2, 0.25) is 19.6 Å². The van der Waals surface area contributed by atoms with Gasteiger partial charge in [-0.25, -0.2) is 0 Å². The normalized spacial score (nSPS) is 12.4. The van der Waals surface area contributed by atoms with E-state index < -0.39 is 8.07 Å².